The van der Waals surface area contributed by atoms with Crippen LogP contribution in [0.1, 0.15) is 5.56 Å². The van der Waals surface area contributed by atoms with E-state index in [9.17, 15) is 8.42 Å². The molecule has 0 aliphatic heterocycles. The van der Waals surface area contributed by atoms with Crippen molar-refractivity contribution in [2.24, 2.45) is 0 Å². The normalized spacial score (nSPS) is 11.2. The van der Waals surface area contributed by atoms with Crippen LogP contribution in [0, 0.1) is 13.0 Å². The molecule has 0 aliphatic rings. The number of hydrogen-bond donors (Lipinski definition) is 1. The first-order valence-electron chi connectivity index (χ1n) is 3.43. The molecule has 65 valence electrons. The van der Waals surface area contributed by atoms with Crippen LogP contribution in [0.15, 0.2) is 18.2 Å². The molecule has 3 nitrogen and oxygen atoms in total. The van der Waals surface area contributed by atoms with Crippen LogP contribution in [-0.4, -0.2) is 14.7 Å². The number of aryl methyl sites for hydroxylation is 1. The Morgan fingerprint density at radius 2 is 2.08 bits per heavy atom. The Morgan fingerprint density at radius 3 is 2.50 bits per heavy atom. The van der Waals surface area contributed by atoms with Gasteiger partial charge in [0.15, 0.2) is 0 Å². The second kappa shape index (κ2) is 3.15. The van der Waals surface area contributed by atoms with Crippen molar-refractivity contribution < 1.29 is 8.42 Å². The lowest BCUT2D eigenvalue weighted by Crippen LogP contribution is -2.09. The van der Waals surface area contributed by atoms with Gasteiger partial charge >= 0.3 is 0 Å². The van der Waals surface area contributed by atoms with E-state index in [2.05, 4.69) is 10.8 Å². The van der Waals surface area contributed by atoms with Crippen molar-refractivity contribution in [3.8, 4) is 0 Å². The highest BCUT2D eigenvalue weighted by Crippen LogP contribution is 2.08. The maximum atomic E-state index is 10.8. The Hall–Kier alpha value is -1.03. The van der Waals surface area contributed by atoms with Crippen LogP contribution in [0.5, 0.6) is 0 Å². The van der Waals surface area contributed by atoms with E-state index in [0.717, 1.165) is 11.8 Å². The third kappa shape index (κ3) is 2.92. The third-order valence-corrected chi connectivity index (χ3v) is 1.88. The van der Waals surface area contributed by atoms with Crippen LogP contribution < -0.4 is 4.72 Å². The van der Waals surface area contributed by atoms with Crippen molar-refractivity contribution in [1.82, 2.24) is 0 Å². The third-order valence-electron chi connectivity index (χ3n) is 1.27. The molecule has 1 aromatic carbocycles. The zero-order valence-corrected chi connectivity index (χ0v) is 7.77. The molecule has 0 heterocycles. The highest BCUT2D eigenvalue weighted by molar-refractivity contribution is 7.92. The molecule has 0 aromatic heterocycles. The molecule has 1 aromatic rings. The molecule has 0 saturated carbocycles. The summed E-state index contributed by atoms with van der Waals surface area (Å²) in [6.07, 6.45) is 1.12. The maximum absolute atomic E-state index is 10.8. The fourth-order valence-corrected chi connectivity index (χ4v) is 1.34. The van der Waals surface area contributed by atoms with Gasteiger partial charge in [-0.1, -0.05) is 6.07 Å². The second-order valence-corrected chi connectivity index (χ2v) is 4.38. The number of rotatable bonds is 2. The zero-order chi connectivity index (χ0) is 9.19. The lowest BCUT2D eigenvalue weighted by atomic mass is 10.2. The molecule has 1 rings (SSSR count). The number of anilines is 1. The van der Waals surface area contributed by atoms with Gasteiger partial charge in [0, 0.05) is 5.69 Å². The summed E-state index contributed by atoms with van der Waals surface area (Å²) in [4.78, 5) is 0. The fraction of sp³-hybridized carbons (Fsp3) is 0.250. The molecule has 0 spiro atoms. The standard InChI is InChI=1S/C8H10NO2S/c1-7-3-5-8(6-4-7)9-12(2,10)11/h3,5-6,9H,1-2H3. The maximum Gasteiger partial charge on any atom is 0.229 e. The van der Waals surface area contributed by atoms with Gasteiger partial charge in [0.2, 0.25) is 10.0 Å². The Labute approximate surface area is 72.5 Å². The van der Waals surface area contributed by atoms with E-state index in [1.165, 1.54) is 0 Å². The van der Waals surface area contributed by atoms with Gasteiger partial charge in [-0.25, -0.2) is 8.42 Å². The van der Waals surface area contributed by atoms with E-state index in [4.69, 9.17) is 0 Å². The first-order chi connectivity index (χ1) is 5.47. The van der Waals surface area contributed by atoms with Crippen molar-refractivity contribution in [2.75, 3.05) is 11.0 Å². The van der Waals surface area contributed by atoms with Crippen molar-refractivity contribution in [3.05, 3.63) is 29.8 Å². The first kappa shape index (κ1) is 9.06. The molecule has 0 unspecified atom stereocenters. The van der Waals surface area contributed by atoms with E-state index in [0.29, 0.717) is 5.69 Å². The summed E-state index contributed by atoms with van der Waals surface area (Å²) in [5.41, 5.74) is 1.53. The van der Waals surface area contributed by atoms with Gasteiger partial charge in [0.25, 0.3) is 0 Å². The molecule has 0 atom stereocenters. The van der Waals surface area contributed by atoms with Crippen molar-refractivity contribution in [3.63, 3.8) is 0 Å². The Morgan fingerprint density at radius 1 is 1.42 bits per heavy atom. The summed E-state index contributed by atoms with van der Waals surface area (Å²) in [6.45, 7) is 1.89. The molecular formula is C8H10NO2S. The van der Waals surface area contributed by atoms with E-state index >= 15 is 0 Å². The van der Waals surface area contributed by atoms with Crippen LogP contribution in [0.4, 0.5) is 5.69 Å². The molecule has 0 saturated heterocycles. The number of sulfonamides is 1. The SMILES string of the molecule is Cc1[c]cc(NS(C)(=O)=O)cc1. The van der Waals surface area contributed by atoms with E-state index in [-0.39, 0.29) is 0 Å². The van der Waals surface area contributed by atoms with Gasteiger partial charge in [-0.15, -0.1) is 0 Å². The van der Waals surface area contributed by atoms with Gasteiger partial charge in [0.05, 0.1) is 6.26 Å². The molecule has 4 heteroatoms. The van der Waals surface area contributed by atoms with Crippen LogP contribution >= 0.6 is 0 Å². The average Bonchev–Trinajstić information content (AvgIpc) is 1.91. The van der Waals surface area contributed by atoms with Crippen molar-refractivity contribution in [2.45, 2.75) is 6.92 Å². The molecule has 0 amide bonds. The van der Waals surface area contributed by atoms with E-state index < -0.39 is 10.0 Å². The number of hydrogen-bond acceptors (Lipinski definition) is 2. The summed E-state index contributed by atoms with van der Waals surface area (Å²) in [5.74, 6) is 0. The van der Waals surface area contributed by atoms with Gasteiger partial charge in [-0.05, 0) is 30.7 Å². The van der Waals surface area contributed by atoms with Gasteiger partial charge in [-0.2, -0.15) is 0 Å². The molecule has 0 bridgehead atoms. The van der Waals surface area contributed by atoms with Crippen LogP contribution in [0.25, 0.3) is 0 Å². The summed E-state index contributed by atoms with van der Waals surface area (Å²) >= 11 is 0. The predicted octanol–water partition coefficient (Wildman–Crippen LogP) is 1.17. The molecule has 1 radical (unpaired) electrons. The topological polar surface area (TPSA) is 46.2 Å². The van der Waals surface area contributed by atoms with Crippen molar-refractivity contribution in [1.29, 1.82) is 0 Å². The summed E-state index contributed by atoms with van der Waals surface area (Å²) in [5, 5.41) is 0. The van der Waals surface area contributed by atoms with E-state index in [1.807, 2.05) is 6.92 Å². The predicted molar refractivity (Wildman–Crippen MR) is 48.5 cm³/mol. The minimum absolute atomic E-state index is 0.545. The largest absolute Gasteiger partial charge is 0.284 e. The molecule has 0 fully saturated rings. The first-order valence-corrected chi connectivity index (χ1v) is 5.33. The molecule has 12 heavy (non-hydrogen) atoms. The lowest BCUT2D eigenvalue weighted by Gasteiger charge is -2.02. The molecular weight excluding hydrogens is 174 g/mol. The quantitative estimate of drug-likeness (QED) is 0.749. The van der Waals surface area contributed by atoms with E-state index in [1.54, 1.807) is 18.2 Å². The summed E-state index contributed by atoms with van der Waals surface area (Å²) in [6, 6.07) is 8.00. The zero-order valence-electron chi connectivity index (χ0n) is 6.96. The average molecular weight is 184 g/mol. The number of benzene rings is 1. The van der Waals surface area contributed by atoms with Crippen LogP contribution in [0.2, 0.25) is 0 Å². The highest BCUT2D eigenvalue weighted by Gasteiger charge is 1.99. The minimum atomic E-state index is -3.16. The summed E-state index contributed by atoms with van der Waals surface area (Å²) in [7, 11) is -3.16. The van der Waals surface area contributed by atoms with Crippen LogP contribution in [0.3, 0.4) is 0 Å². The smallest absolute Gasteiger partial charge is 0.229 e. The lowest BCUT2D eigenvalue weighted by molar-refractivity contribution is 0.607. The van der Waals surface area contributed by atoms with Gasteiger partial charge < -0.3 is 0 Å². The second-order valence-electron chi connectivity index (χ2n) is 2.63. The van der Waals surface area contributed by atoms with Gasteiger partial charge in [-0.3, -0.25) is 4.72 Å². The fourth-order valence-electron chi connectivity index (χ4n) is 0.780. The Bertz CT molecular complexity index is 353. The molecule has 0 aliphatic carbocycles. The van der Waals surface area contributed by atoms with Crippen LogP contribution in [-0.2, 0) is 10.0 Å². The van der Waals surface area contributed by atoms with Gasteiger partial charge in [0.1, 0.15) is 0 Å². The monoisotopic (exact) mass is 184 g/mol. The highest BCUT2D eigenvalue weighted by atomic mass is 32.2. The molecule has 1 N–H and O–H groups in total. The van der Waals surface area contributed by atoms with Crippen molar-refractivity contribution >= 4 is 15.7 Å². The Kier molecular flexibility index (Phi) is 2.38. The number of nitrogens with one attached hydrogen (secondary N) is 1. The Balaban J connectivity index is 2.85. The summed E-state index contributed by atoms with van der Waals surface area (Å²) < 4.78 is 23.9. The minimum Gasteiger partial charge on any atom is -0.284 e.